The lowest BCUT2D eigenvalue weighted by atomic mass is 10.2. The van der Waals surface area contributed by atoms with Gasteiger partial charge < -0.3 is 9.30 Å². The second-order valence-corrected chi connectivity index (χ2v) is 3.58. The molecule has 1 aromatic heterocycles. The fourth-order valence-corrected chi connectivity index (χ4v) is 1.54. The molecule has 0 aliphatic heterocycles. The number of ether oxygens (including phenoxy) is 1. The van der Waals surface area contributed by atoms with Crippen LogP contribution in [0.15, 0.2) is 30.6 Å². The molecule has 0 radical (unpaired) electrons. The van der Waals surface area contributed by atoms with E-state index >= 15 is 0 Å². The maximum atomic E-state index is 13.1. The Morgan fingerprint density at radius 3 is 2.83 bits per heavy atom. The Morgan fingerprint density at radius 2 is 2.17 bits per heavy atom. The third kappa shape index (κ3) is 2.37. The Hall–Kier alpha value is -2.24. The average molecular weight is 252 g/mol. The van der Waals surface area contributed by atoms with Gasteiger partial charge in [-0.25, -0.2) is 13.8 Å². The summed E-state index contributed by atoms with van der Waals surface area (Å²) in [5.74, 6) is -1.96. The van der Waals surface area contributed by atoms with Crippen LogP contribution in [-0.2, 0) is 16.1 Å². The predicted octanol–water partition coefficient (Wildman–Crippen LogP) is 2.00. The summed E-state index contributed by atoms with van der Waals surface area (Å²) in [5.41, 5.74) is 0.391. The van der Waals surface area contributed by atoms with Crippen molar-refractivity contribution in [2.24, 2.45) is 0 Å². The molecule has 0 fully saturated rings. The molecular formula is C12H10F2N2O2. The summed E-state index contributed by atoms with van der Waals surface area (Å²) in [6.45, 7) is -0.0369. The Bertz CT molecular complexity index is 581. The smallest absolute Gasteiger partial charge is 0.325 e. The zero-order valence-electron chi connectivity index (χ0n) is 9.56. The highest BCUT2D eigenvalue weighted by Gasteiger charge is 2.11. The highest BCUT2D eigenvalue weighted by molar-refractivity contribution is 5.70. The van der Waals surface area contributed by atoms with Crippen molar-refractivity contribution in [3.8, 4) is 11.4 Å². The molecule has 0 atom stereocenters. The van der Waals surface area contributed by atoms with E-state index < -0.39 is 17.6 Å². The van der Waals surface area contributed by atoms with E-state index in [2.05, 4.69) is 9.72 Å². The molecule has 0 amide bonds. The molecule has 0 spiro atoms. The number of rotatable bonds is 3. The van der Waals surface area contributed by atoms with Gasteiger partial charge in [-0.2, -0.15) is 0 Å². The fraction of sp³-hybridized carbons (Fsp3) is 0.167. The van der Waals surface area contributed by atoms with Crippen LogP contribution in [0.5, 0.6) is 0 Å². The lowest BCUT2D eigenvalue weighted by Crippen LogP contribution is -2.11. The summed E-state index contributed by atoms with van der Waals surface area (Å²) in [7, 11) is 1.27. The number of hydrogen-bond acceptors (Lipinski definition) is 3. The maximum absolute atomic E-state index is 13.1. The van der Waals surface area contributed by atoms with Crippen LogP contribution >= 0.6 is 0 Å². The van der Waals surface area contributed by atoms with E-state index in [-0.39, 0.29) is 6.54 Å². The highest BCUT2D eigenvalue weighted by atomic mass is 19.2. The van der Waals surface area contributed by atoms with Crippen LogP contribution in [0.4, 0.5) is 8.78 Å². The summed E-state index contributed by atoms with van der Waals surface area (Å²) in [4.78, 5) is 15.2. The quantitative estimate of drug-likeness (QED) is 0.785. The zero-order chi connectivity index (χ0) is 13.1. The van der Waals surface area contributed by atoms with E-state index in [0.29, 0.717) is 11.4 Å². The fourth-order valence-electron chi connectivity index (χ4n) is 1.54. The Balaban J connectivity index is 2.36. The molecule has 0 saturated carbocycles. The van der Waals surface area contributed by atoms with E-state index in [1.54, 1.807) is 6.20 Å². The molecule has 0 aliphatic carbocycles. The van der Waals surface area contributed by atoms with Crippen molar-refractivity contribution in [3.63, 3.8) is 0 Å². The van der Waals surface area contributed by atoms with E-state index in [4.69, 9.17) is 0 Å². The number of carbonyl (C=O) groups is 1. The largest absolute Gasteiger partial charge is 0.468 e. The summed E-state index contributed by atoms with van der Waals surface area (Å²) >= 11 is 0. The number of methoxy groups -OCH3 is 1. The zero-order valence-corrected chi connectivity index (χ0v) is 9.56. The minimum absolute atomic E-state index is 0.0369. The van der Waals surface area contributed by atoms with Crippen molar-refractivity contribution in [2.75, 3.05) is 7.11 Å². The van der Waals surface area contributed by atoms with Gasteiger partial charge in [0.1, 0.15) is 12.4 Å². The van der Waals surface area contributed by atoms with Crippen molar-refractivity contribution >= 4 is 5.97 Å². The molecule has 2 rings (SSSR count). The number of esters is 1. The average Bonchev–Trinajstić information content (AvgIpc) is 2.80. The minimum atomic E-state index is -0.958. The molecule has 0 bridgehead atoms. The Morgan fingerprint density at radius 1 is 1.39 bits per heavy atom. The van der Waals surface area contributed by atoms with Gasteiger partial charge >= 0.3 is 5.97 Å². The van der Waals surface area contributed by atoms with Crippen molar-refractivity contribution in [1.29, 1.82) is 0 Å². The monoisotopic (exact) mass is 252 g/mol. The first-order chi connectivity index (χ1) is 8.61. The SMILES string of the molecule is COC(=O)Cn1ccnc1-c1ccc(F)c(F)c1. The number of hydrogen-bond donors (Lipinski definition) is 0. The molecule has 0 saturated heterocycles. The second kappa shape index (κ2) is 4.95. The third-order valence-corrected chi connectivity index (χ3v) is 2.42. The van der Waals surface area contributed by atoms with Crippen molar-refractivity contribution in [1.82, 2.24) is 9.55 Å². The van der Waals surface area contributed by atoms with Gasteiger partial charge in [0.15, 0.2) is 11.6 Å². The first-order valence-corrected chi connectivity index (χ1v) is 5.15. The molecular weight excluding hydrogens is 242 g/mol. The Labute approximate surface area is 102 Å². The van der Waals surface area contributed by atoms with Crippen LogP contribution in [0.25, 0.3) is 11.4 Å². The van der Waals surface area contributed by atoms with Crippen molar-refractivity contribution in [2.45, 2.75) is 6.54 Å². The van der Waals surface area contributed by atoms with Crippen LogP contribution in [0, 0.1) is 11.6 Å². The minimum Gasteiger partial charge on any atom is -0.468 e. The number of benzene rings is 1. The Kier molecular flexibility index (Phi) is 3.36. The summed E-state index contributed by atoms with van der Waals surface area (Å²) in [6, 6.07) is 3.45. The lowest BCUT2D eigenvalue weighted by molar-refractivity contribution is -0.141. The molecule has 2 aromatic rings. The van der Waals surface area contributed by atoms with Gasteiger partial charge in [0.05, 0.1) is 7.11 Å². The van der Waals surface area contributed by atoms with Gasteiger partial charge in [-0.3, -0.25) is 4.79 Å². The second-order valence-electron chi connectivity index (χ2n) is 3.58. The number of nitrogens with zero attached hydrogens (tertiary/aromatic N) is 2. The predicted molar refractivity (Wildman–Crippen MR) is 59.6 cm³/mol. The molecule has 4 nitrogen and oxygen atoms in total. The van der Waals surface area contributed by atoms with Gasteiger partial charge in [0.25, 0.3) is 0 Å². The molecule has 6 heteroatoms. The molecule has 0 N–H and O–H groups in total. The summed E-state index contributed by atoms with van der Waals surface area (Å²) in [6.07, 6.45) is 3.03. The van der Waals surface area contributed by atoms with Crippen LogP contribution in [-0.4, -0.2) is 22.6 Å². The van der Waals surface area contributed by atoms with Crippen LogP contribution in [0.3, 0.4) is 0 Å². The molecule has 94 valence electrons. The third-order valence-electron chi connectivity index (χ3n) is 2.42. The lowest BCUT2D eigenvalue weighted by Gasteiger charge is -2.06. The molecule has 0 unspecified atom stereocenters. The normalized spacial score (nSPS) is 10.4. The number of aromatic nitrogens is 2. The number of carbonyl (C=O) groups excluding carboxylic acids is 1. The van der Waals surface area contributed by atoms with Crippen molar-refractivity contribution in [3.05, 3.63) is 42.2 Å². The number of halogens is 2. The molecule has 1 aromatic carbocycles. The first-order valence-electron chi connectivity index (χ1n) is 5.15. The number of imidazole rings is 1. The maximum Gasteiger partial charge on any atom is 0.325 e. The van der Waals surface area contributed by atoms with Gasteiger partial charge in [-0.15, -0.1) is 0 Å². The van der Waals surface area contributed by atoms with E-state index in [1.165, 1.54) is 23.9 Å². The highest BCUT2D eigenvalue weighted by Crippen LogP contribution is 2.20. The topological polar surface area (TPSA) is 44.1 Å². The molecule has 18 heavy (non-hydrogen) atoms. The van der Waals surface area contributed by atoms with Crippen LogP contribution in [0.2, 0.25) is 0 Å². The van der Waals surface area contributed by atoms with Gasteiger partial charge in [-0.1, -0.05) is 0 Å². The summed E-state index contributed by atoms with van der Waals surface area (Å²) < 4.78 is 32.0. The van der Waals surface area contributed by atoms with E-state index in [0.717, 1.165) is 12.1 Å². The first kappa shape index (κ1) is 12.2. The van der Waals surface area contributed by atoms with Crippen molar-refractivity contribution < 1.29 is 18.3 Å². The van der Waals surface area contributed by atoms with Crippen LogP contribution in [0.1, 0.15) is 0 Å². The van der Waals surface area contributed by atoms with Crippen LogP contribution < -0.4 is 0 Å². The molecule has 1 heterocycles. The van der Waals surface area contributed by atoms with E-state index in [9.17, 15) is 13.6 Å². The van der Waals surface area contributed by atoms with Gasteiger partial charge in [0.2, 0.25) is 0 Å². The van der Waals surface area contributed by atoms with Gasteiger partial charge in [-0.05, 0) is 18.2 Å². The molecule has 0 aliphatic rings. The standard InChI is InChI=1S/C12H10F2N2O2/c1-18-11(17)7-16-5-4-15-12(16)8-2-3-9(13)10(14)6-8/h2-6H,7H2,1H3. The summed E-state index contributed by atoms with van der Waals surface area (Å²) in [5, 5.41) is 0. The van der Waals surface area contributed by atoms with Gasteiger partial charge in [0, 0.05) is 18.0 Å². The van der Waals surface area contributed by atoms with E-state index in [1.807, 2.05) is 0 Å².